The summed E-state index contributed by atoms with van der Waals surface area (Å²) in [7, 11) is 0. The van der Waals surface area contributed by atoms with Crippen LogP contribution < -0.4 is 10.6 Å². The topological polar surface area (TPSA) is 58.1 Å². The first kappa shape index (κ1) is 20.5. The molecule has 0 amide bonds. The largest absolute Gasteiger partial charge is 0.381 e. The first-order valence-corrected chi connectivity index (χ1v) is 10.2. The van der Waals surface area contributed by atoms with Gasteiger partial charge in [-0.15, -0.1) is 0 Å². The second-order valence-electron chi connectivity index (χ2n) is 7.06. The van der Waals surface area contributed by atoms with Crippen LogP contribution in [0.5, 0.6) is 0 Å². The molecule has 0 aromatic carbocycles. The van der Waals surface area contributed by atoms with Crippen molar-refractivity contribution in [3.05, 3.63) is 0 Å². The van der Waals surface area contributed by atoms with Gasteiger partial charge < -0.3 is 20.1 Å². The SMILES string of the molecule is CCNC(=NCC1CCCN1CC)NCCCOCC1CCOCC1. The van der Waals surface area contributed by atoms with E-state index >= 15 is 0 Å². The van der Waals surface area contributed by atoms with E-state index in [2.05, 4.69) is 29.4 Å². The number of hydrogen-bond donors (Lipinski definition) is 2. The van der Waals surface area contributed by atoms with Gasteiger partial charge >= 0.3 is 0 Å². The van der Waals surface area contributed by atoms with E-state index in [1.165, 1.54) is 19.4 Å². The molecule has 2 aliphatic heterocycles. The van der Waals surface area contributed by atoms with E-state index in [1.807, 2.05) is 0 Å². The van der Waals surface area contributed by atoms with Gasteiger partial charge in [-0.1, -0.05) is 6.92 Å². The fourth-order valence-corrected chi connectivity index (χ4v) is 3.60. The van der Waals surface area contributed by atoms with Gasteiger partial charge in [0.1, 0.15) is 0 Å². The second-order valence-corrected chi connectivity index (χ2v) is 7.06. The number of ether oxygens (including phenoxy) is 2. The molecule has 2 rings (SSSR count). The minimum Gasteiger partial charge on any atom is -0.381 e. The Morgan fingerprint density at radius 3 is 2.80 bits per heavy atom. The van der Waals surface area contributed by atoms with E-state index in [4.69, 9.17) is 14.5 Å². The Bertz CT molecular complexity index is 372. The maximum absolute atomic E-state index is 5.82. The molecular weight excluding hydrogens is 316 g/mol. The van der Waals surface area contributed by atoms with Gasteiger partial charge in [0.15, 0.2) is 5.96 Å². The summed E-state index contributed by atoms with van der Waals surface area (Å²) in [6, 6.07) is 0.614. The highest BCUT2D eigenvalue weighted by atomic mass is 16.5. The third-order valence-electron chi connectivity index (χ3n) is 5.16. The van der Waals surface area contributed by atoms with E-state index in [1.54, 1.807) is 0 Å². The molecule has 6 nitrogen and oxygen atoms in total. The molecular formula is C19H38N4O2. The molecule has 2 aliphatic rings. The zero-order valence-electron chi connectivity index (χ0n) is 16.3. The van der Waals surface area contributed by atoms with E-state index < -0.39 is 0 Å². The zero-order chi connectivity index (χ0) is 17.7. The number of hydrogen-bond acceptors (Lipinski definition) is 4. The van der Waals surface area contributed by atoms with Gasteiger partial charge in [-0.05, 0) is 58.0 Å². The summed E-state index contributed by atoms with van der Waals surface area (Å²) in [6.07, 6.45) is 5.88. The third-order valence-corrected chi connectivity index (χ3v) is 5.16. The molecule has 2 fully saturated rings. The lowest BCUT2D eigenvalue weighted by Crippen LogP contribution is -2.39. The summed E-state index contributed by atoms with van der Waals surface area (Å²) in [5.41, 5.74) is 0. The molecule has 1 atom stereocenters. The van der Waals surface area contributed by atoms with Crippen molar-refractivity contribution < 1.29 is 9.47 Å². The lowest BCUT2D eigenvalue weighted by atomic mass is 10.0. The minimum absolute atomic E-state index is 0.614. The van der Waals surface area contributed by atoms with Crippen LogP contribution in [-0.2, 0) is 9.47 Å². The highest BCUT2D eigenvalue weighted by molar-refractivity contribution is 5.79. The van der Waals surface area contributed by atoms with Gasteiger partial charge in [-0.3, -0.25) is 9.89 Å². The number of likely N-dealkylation sites (N-methyl/N-ethyl adjacent to an activating group) is 1. The quantitative estimate of drug-likeness (QED) is 0.356. The fourth-order valence-electron chi connectivity index (χ4n) is 3.60. The van der Waals surface area contributed by atoms with Crippen LogP contribution in [0.3, 0.4) is 0 Å². The molecule has 0 aromatic heterocycles. The average Bonchev–Trinajstić information content (AvgIpc) is 3.11. The van der Waals surface area contributed by atoms with E-state index in [0.29, 0.717) is 12.0 Å². The Morgan fingerprint density at radius 1 is 1.20 bits per heavy atom. The van der Waals surface area contributed by atoms with Crippen molar-refractivity contribution in [1.82, 2.24) is 15.5 Å². The highest BCUT2D eigenvalue weighted by Crippen LogP contribution is 2.16. The molecule has 1 unspecified atom stereocenters. The number of rotatable bonds is 10. The molecule has 25 heavy (non-hydrogen) atoms. The summed E-state index contributed by atoms with van der Waals surface area (Å²) in [4.78, 5) is 7.32. The van der Waals surface area contributed by atoms with Crippen molar-refractivity contribution in [2.45, 2.75) is 52.0 Å². The normalized spacial score (nSPS) is 23.1. The van der Waals surface area contributed by atoms with Crippen LogP contribution in [0.4, 0.5) is 0 Å². The third kappa shape index (κ3) is 7.92. The molecule has 146 valence electrons. The summed E-state index contributed by atoms with van der Waals surface area (Å²) in [5, 5.41) is 6.78. The van der Waals surface area contributed by atoms with Crippen LogP contribution in [0.2, 0.25) is 0 Å². The van der Waals surface area contributed by atoms with E-state index in [9.17, 15) is 0 Å². The van der Waals surface area contributed by atoms with Gasteiger partial charge in [-0.25, -0.2) is 0 Å². The van der Waals surface area contributed by atoms with E-state index in [-0.39, 0.29) is 0 Å². The zero-order valence-corrected chi connectivity index (χ0v) is 16.3. The van der Waals surface area contributed by atoms with Gasteiger partial charge in [0.25, 0.3) is 0 Å². The van der Waals surface area contributed by atoms with Gasteiger partial charge in [0.05, 0.1) is 6.54 Å². The summed E-state index contributed by atoms with van der Waals surface area (Å²) >= 11 is 0. The van der Waals surface area contributed by atoms with Crippen molar-refractivity contribution in [3.63, 3.8) is 0 Å². The van der Waals surface area contributed by atoms with Crippen LogP contribution in [0.25, 0.3) is 0 Å². The van der Waals surface area contributed by atoms with Crippen molar-refractivity contribution in [1.29, 1.82) is 0 Å². The Kier molecular flexibility index (Phi) is 10.2. The van der Waals surface area contributed by atoms with Crippen molar-refractivity contribution in [2.75, 3.05) is 59.2 Å². The molecule has 0 aliphatic carbocycles. The molecule has 0 saturated carbocycles. The molecule has 6 heteroatoms. The maximum atomic E-state index is 5.82. The summed E-state index contributed by atoms with van der Waals surface area (Å²) in [6.45, 7) is 12.9. The Labute approximate surface area is 153 Å². The highest BCUT2D eigenvalue weighted by Gasteiger charge is 2.22. The summed E-state index contributed by atoms with van der Waals surface area (Å²) in [5.74, 6) is 1.63. The van der Waals surface area contributed by atoms with Crippen molar-refractivity contribution >= 4 is 5.96 Å². The lowest BCUT2D eigenvalue weighted by molar-refractivity contribution is 0.0203. The van der Waals surface area contributed by atoms with Crippen molar-refractivity contribution in [3.8, 4) is 0 Å². The predicted octanol–water partition coefficient (Wildman–Crippen LogP) is 1.86. The van der Waals surface area contributed by atoms with Crippen LogP contribution in [-0.4, -0.2) is 76.1 Å². The molecule has 0 aromatic rings. The molecule has 2 heterocycles. The fraction of sp³-hybridized carbons (Fsp3) is 0.947. The van der Waals surface area contributed by atoms with Crippen LogP contribution in [0.15, 0.2) is 4.99 Å². The van der Waals surface area contributed by atoms with Gasteiger partial charge in [-0.2, -0.15) is 0 Å². The summed E-state index contributed by atoms with van der Waals surface area (Å²) < 4.78 is 11.2. The van der Waals surface area contributed by atoms with Gasteiger partial charge in [0, 0.05) is 45.6 Å². The van der Waals surface area contributed by atoms with Crippen LogP contribution in [0, 0.1) is 5.92 Å². The first-order chi connectivity index (χ1) is 12.3. The molecule has 0 bridgehead atoms. The van der Waals surface area contributed by atoms with E-state index in [0.717, 1.165) is 77.8 Å². The number of nitrogens with one attached hydrogen (secondary N) is 2. The van der Waals surface area contributed by atoms with Crippen molar-refractivity contribution in [2.24, 2.45) is 10.9 Å². The number of likely N-dealkylation sites (tertiary alicyclic amines) is 1. The Morgan fingerprint density at radius 2 is 2.04 bits per heavy atom. The smallest absolute Gasteiger partial charge is 0.191 e. The molecule has 2 N–H and O–H groups in total. The number of aliphatic imine (C=N–C) groups is 1. The second kappa shape index (κ2) is 12.5. The maximum Gasteiger partial charge on any atom is 0.191 e. The molecule has 2 saturated heterocycles. The number of guanidine groups is 1. The predicted molar refractivity (Wildman–Crippen MR) is 103 cm³/mol. The molecule has 0 radical (unpaired) electrons. The first-order valence-electron chi connectivity index (χ1n) is 10.2. The Hall–Kier alpha value is -0.850. The minimum atomic E-state index is 0.614. The lowest BCUT2D eigenvalue weighted by Gasteiger charge is -2.22. The average molecular weight is 355 g/mol. The molecule has 0 spiro atoms. The number of nitrogens with zero attached hydrogens (tertiary/aromatic N) is 2. The monoisotopic (exact) mass is 354 g/mol. The standard InChI is InChI=1S/C19H38N4O2/c1-3-20-19(22-15-18-7-5-11-23(18)4-2)21-10-6-12-25-16-17-8-13-24-14-9-17/h17-18H,3-16H2,1-2H3,(H2,20,21,22). The Balaban J connectivity index is 1.57. The van der Waals surface area contributed by atoms with Gasteiger partial charge in [0.2, 0.25) is 0 Å². The van der Waals surface area contributed by atoms with Crippen LogP contribution >= 0.6 is 0 Å². The van der Waals surface area contributed by atoms with Crippen LogP contribution in [0.1, 0.15) is 46.0 Å².